The number of carbonyl (C=O) groups is 1. The van der Waals surface area contributed by atoms with Crippen LogP contribution in [0.3, 0.4) is 0 Å². The number of aryl methyl sites for hydroxylation is 2. The Balaban J connectivity index is 1.82. The molecule has 33 heavy (non-hydrogen) atoms. The molecular weight excluding hydrogens is 418 g/mol. The van der Waals surface area contributed by atoms with Crippen LogP contribution in [-0.4, -0.2) is 40.5 Å². The van der Waals surface area contributed by atoms with Crippen molar-refractivity contribution in [2.24, 2.45) is 16.8 Å². The van der Waals surface area contributed by atoms with Gasteiger partial charge in [0.15, 0.2) is 0 Å². The number of aliphatic hydroxyl groups is 1. The van der Waals surface area contributed by atoms with E-state index in [4.69, 9.17) is 9.73 Å². The van der Waals surface area contributed by atoms with Crippen LogP contribution < -0.4 is 10.9 Å². The van der Waals surface area contributed by atoms with Crippen LogP contribution in [0.1, 0.15) is 56.4 Å². The van der Waals surface area contributed by atoms with Crippen LogP contribution in [0.4, 0.5) is 5.69 Å². The normalized spacial score (nSPS) is 17.7. The fourth-order valence-electron chi connectivity index (χ4n) is 3.90. The van der Waals surface area contributed by atoms with Crippen molar-refractivity contribution < 1.29 is 14.6 Å². The number of carbonyl (C=O) groups excluding carboxylic acids is 1. The van der Waals surface area contributed by atoms with Gasteiger partial charge in [0.25, 0.3) is 5.56 Å². The van der Waals surface area contributed by atoms with Crippen molar-refractivity contribution in [3.8, 4) is 0 Å². The first-order chi connectivity index (χ1) is 15.7. The quantitative estimate of drug-likeness (QED) is 0.532. The minimum absolute atomic E-state index is 0.0889. The molecule has 1 aliphatic heterocycles. The van der Waals surface area contributed by atoms with E-state index in [0.717, 1.165) is 35.4 Å². The van der Waals surface area contributed by atoms with Crippen LogP contribution in [-0.2, 0) is 22.5 Å². The van der Waals surface area contributed by atoms with Gasteiger partial charge < -0.3 is 14.8 Å². The second-order valence-corrected chi connectivity index (χ2v) is 9.42. The highest BCUT2D eigenvalue weighted by Crippen LogP contribution is 2.30. The molecule has 0 fully saturated rings. The summed E-state index contributed by atoms with van der Waals surface area (Å²) in [6.07, 6.45) is 2.74. The molecule has 178 valence electrons. The molecule has 3 N–H and O–H groups in total. The van der Waals surface area contributed by atoms with Gasteiger partial charge in [0.2, 0.25) is 0 Å². The van der Waals surface area contributed by atoms with E-state index in [1.54, 1.807) is 20.0 Å². The van der Waals surface area contributed by atoms with E-state index in [9.17, 15) is 14.7 Å². The van der Waals surface area contributed by atoms with Crippen LogP contribution >= 0.6 is 0 Å². The molecule has 7 nitrogen and oxygen atoms in total. The smallest absolute Gasteiger partial charge is 0.325 e. The maximum Gasteiger partial charge on any atom is 0.325 e. The van der Waals surface area contributed by atoms with Crippen molar-refractivity contribution in [2.45, 2.75) is 66.2 Å². The molecule has 0 aliphatic carbocycles. The maximum absolute atomic E-state index is 12.4. The number of esters is 1. The molecule has 0 bridgehead atoms. The number of hydrogen-bond donors (Lipinski definition) is 3. The zero-order valence-corrected chi connectivity index (χ0v) is 20.1. The van der Waals surface area contributed by atoms with Crippen molar-refractivity contribution >= 4 is 17.4 Å². The number of aliphatic hydroxyl groups excluding tert-OH is 1. The molecule has 2 unspecified atom stereocenters. The predicted octanol–water partition coefficient (Wildman–Crippen LogP) is 3.42. The van der Waals surface area contributed by atoms with Gasteiger partial charge in [-0.1, -0.05) is 32.9 Å². The predicted molar refractivity (Wildman–Crippen MR) is 130 cm³/mol. The van der Waals surface area contributed by atoms with Crippen molar-refractivity contribution in [3.05, 3.63) is 63.1 Å². The molecule has 0 spiro atoms. The first-order valence-electron chi connectivity index (χ1n) is 11.6. The lowest BCUT2D eigenvalue weighted by Gasteiger charge is -2.21. The van der Waals surface area contributed by atoms with Crippen LogP contribution in [0.25, 0.3) is 0 Å². The molecule has 3 atom stereocenters. The third-order valence-corrected chi connectivity index (χ3v) is 5.91. The lowest BCUT2D eigenvalue weighted by molar-refractivity contribution is -0.150. The van der Waals surface area contributed by atoms with E-state index in [1.165, 1.54) is 5.56 Å². The Morgan fingerprint density at radius 2 is 2.06 bits per heavy atom. The zero-order valence-electron chi connectivity index (χ0n) is 20.1. The molecule has 2 aromatic rings. The highest BCUT2D eigenvalue weighted by Gasteiger charge is 2.25. The monoisotopic (exact) mass is 453 g/mol. The van der Waals surface area contributed by atoms with Crippen molar-refractivity contribution in [1.82, 2.24) is 10.3 Å². The largest absolute Gasteiger partial charge is 0.464 e. The van der Waals surface area contributed by atoms with Crippen LogP contribution in [0.2, 0.25) is 0 Å². The van der Waals surface area contributed by atoms with Gasteiger partial charge in [-0.25, -0.2) is 0 Å². The highest BCUT2D eigenvalue weighted by molar-refractivity contribution is 6.03. The van der Waals surface area contributed by atoms with Crippen LogP contribution in [0, 0.1) is 18.8 Å². The Morgan fingerprint density at radius 1 is 1.30 bits per heavy atom. The summed E-state index contributed by atoms with van der Waals surface area (Å²) in [5.41, 5.74) is 5.49. The number of nitrogens with zero attached hydrogens (tertiary/aromatic N) is 1. The fraction of sp³-hybridized carbons (Fsp3) is 0.500. The average molecular weight is 454 g/mol. The van der Waals surface area contributed by atoms with Gasteiger partial charge in [-0.3, -0.25) is 19.9 Å². The van der Waals surface area contributed by atoms with Gasteiger partial charge in [-0.15, -0.1) is 0 Å². The molecule has 0 saturated heterocycles. The summed E-state index contributed by atoms with van der Waals surface area (Å²) in [5, 5.41) is 13.2. The molecule has 3 rings (SSSR count). The van der Waals surface area contributed by atoms with E-state index in [0.29, 0.717) is 18.7 Å². The summed E-state index contributed by atoms with van der Waals surface area (Å²) in [7, 11) is 0. The number of pyridine rings is 1. The van der Waals surface area contributed by atoms with E-state index >= 15 is 0 Å². The lowest BCUT2D eigenvalue weighted by Crippen LogP contribution is -2.45. The SMILES string of the molecule is Cc1cc(C2=Nc3cc(CNC(C(=O)OCC(C)C)[C@@H](C)O)ccc3CCC2C)c[nH]c1=O. The van der Waals surface area contributed by atoms with Crippen molar-refractivity contribution in [3.63, 3.8) is 0 Å². The summed E-state index contributed by atoms with van der Waals surface area (Å²) in [4.78, 5) is 32.0. The van der Waals surface area contributed by atoms with E-state index < -0.39 is 18.1 Å². The molecule has 1 aromatic carbocycles. The second kappa shape index (κ2) is 10.9. The summed E-state index contributed by atoms with van der Waals surface area (Å²) in [5.74, 6) is 0.0320. The molecule has 0 radical (unpaired) electrons. The number of benzene rings is 1. The lowest BCUT2D eigenvalue weighted by atomic mass is 9.94. The molecule has 0 saturated carbocycles. The van der Waals surface area contributed by atoms with E-state index in [-0.39, 0.29) is 17.4 Å². The standard InChI is InChI=1S/C26H35N3O4/c1-15(2)14-33-26(32)24(18(5)30)27-12-19-7-9-20-8-6-16(3)23(29-22(20)11-19)21-10-17(4)25(31)28-13-21/h7,9-11,13,15-16,18,24,27,30H,6,8,12,14H2,1-5H3,(H,28,31)/t16?,18-,24?/m1/s1. The van der Waals surface area contributed by atoms with Crippen molar-refractivity contribution in [2.75, 3.05) is 6.61 Å². The number of aromatic amines is 1. The summed E-state index contributed by atoms with van der Waals surface area (Å²) >= 11 is 0. The minimum atomic E-state index is -0.876. The highest BCUT2D eigenvalue weighted by atomic mass is 16.5. The summed E-state index contributed by atoms with van der Waals surface area (Å²) < 4.78 is 5.31. The van der Waals surface area contributed by atoms with Crippen LogP contribution in [0.5, 0.6) is 0 Å². The van der Waals surface area contributed by atoms with Gasteiger partial charge in [-0.2, -0.15) is 0 Å². The second-order valence-electron chi connectivity index (χ2n) is 9.42. The fourth-order valence-corrected chi connectivity index (χ4v) is 3.90. The Morgan fingerprint density at radius 3 is 2.73 bits per heavy atom. The minimum Gasteiger partial charge on any atom is -0.464 e. The zero-order chi connectivity index (χ0) is 24.1. The molecule has 2 heterocycles. The Hall–Kier alpha value is -2.77. The third-order valence-electron chi connectivity index (χ3n) is 5.91. The number of rotatable bonds is 8. The third kappa shape index (κ3) is 6.39. The molecular formula is C26H35N3O4. The molecule has 1 aromatic heterocycles. The number of H-pyrrole nitrogens is 1. The number of hydrogen-bond acceptors (Lipinski definition) is 6. The number of aromatic nitrogens is 1. The number of ether oxygens (including phenoxy) is 1. The van der Waals surface area contributed by atoms with E-state index in [1.807, 2.05) is 32.0 Å². The number of nitrogens with one attached hydrogen (secondary N) is 2. The van der Waals surface area contributed by atoms with Gasteiger partial charge in [-0.05, 0) is 61.8 Å². The molecule has 0 amide bonds. The van der Waals surface area contributed by atoms with Crippen LogP contribution in [0.15, 0.2) is 40.2 Å². The number of fused-ring (bicyclic) bond motifs is 1. The first kappa shape index (κ1) is 24.9. The maximum atomic E-state index is 12.4. The summed E-state index contributed by atoms with van der Waals surface area (Å²) in [6, 6.07) is 7.22. The Kier molecular flexibility index (Phi) is 8.21. The van der Waals surface area contributed by atoms with Gasteiger partial charge in [0.05, 0.1) is 24.1 Å². The Labute approximate surface area is 195 Å². The van der Waals surface area contributed by atoms with Crippen molar-refractivity contribution in [1.29, 1.82) is 0 Å². The summed E-state index contributed by atoms with van der Waals surface area (Å²) in [6.45, 7) is 10.2. The Bertz CT molecular complexity index is 1070. The average Bonchev–Trinajstić information content (AvgIpc) is 2.92. The number of aliphatic imine (C=N–C) groups is 1. The van der Waals surface area contributed by atoms with Gasteiger partial charge >= 0.3 is 5.97 Å². The van der Waals surface area contributed by atoms with E-state index in [2.05, 4.69) is 23.3 Å². The topological polar surface area (TPSA) is 104 Å². The first-order valence-corrected chi connectivity index (χ1v) is 11.6. The van der Waals surface area contributed by atoms with Gasteiger partial charge in [0, 0.05) is 23.9 Å². The van der Waals surface area contributed by atoms with Gasteiger partial charge in [0.1, 0.15) is 6.04 Å². The molecule has 1 aliphatic rings. The molecule has 7 heteroatoms.